The number of amides is 1. The summed E-state index contributed by atoms with van der Waals surface area (Å²) in [7, 11) is 0. The van der Waals surface area contributed by atoms with E-state index in [-0.39, 0.29) is 5.91 Å². The van der Waals surface area contributed by atoms with Gasteiger partial charge in [-0.05, 0) is 53.0 Å². The molecule has 0 bridgehead atoms. The van der Waals surface area contributed by atoms with E-state index in [4.69, 9.17) is 0 Å². The quantitative estimate of drug-likeness (QED) is 0.946. The Morgan fingerprint density at radius 3 is 2.94 bits per heavy atom. The number of rotatable bonds is 3. The van der Waals surface area contributed by atoms with Crippen LogP contribution in [0.25, 0.3) is 0 Å². The van der Waals surface area contributed by atoms with Crippen LogP contribution in [0, 0.1) is 0 Å². The van der Waals surface area contributed by atoms with Crippen molar-refractivity contribution in [1.29, 1.82) is 0 Å². The molecular weight excluding hydrogens is 294 g/mol. The first kappa shape index (κ1) is 11.5. The molecule has 1 aliphatic carbocycles. The van der Waals surface area contributed by atoms with Crippen LogP contribution >= 0.6 is 15.9 Å². The van der Waals surface area contributed by atoms with Crippen molar-refractivity contribution in [2.24, 2.45) is 0 Å². The van der Waals surface area contributed by atoms with Crippen LogP contribution in [0.1, 0.15) is 29.4 Å². The fourth-order valence-electron chi connectivity index (χ4n) is 1.91. The molecule has 3 rings (SSSR count). The second-order valence-electron chi connectivity index (χ2n) is 4.32. The monoisotopic (exact) mass is 305 g/mol. The molecule has 2 aromatic heterocycles. The van der Waals surface area contributed by atoms with Gasteiger partial charge in [0, 0.05) is 18.4 Å². The van der Waals surface area contributed by atoms with E-state index in [1.165, 1.54) is 0 Å². The smallest absolute Gasteiger partial charge is 0.273 e. The number of aromatic nitrogens is 2. The first-order valence-corrected chi connectivity index (χ1v) is 6.64. The molecule has 5 heteroatoms. The molecule has 1 aliphatic rings. The van der Waals surface area contributed by atoms with E-state index in [2.05, 4.69) is 26.2 Å². The largest absolute Gasteiger partial charge is 0.340 e. The van der Waals surface area contributed by atoms with Gasteiger partial charge in [-0.2, -0.15) is 0 Å². The van der Waals surface area contributed by atoms with Crippen LogP contribution in [0.2, 0.25) is 0 Å². The number of nitrogens with one attached hydrogen (secondary N) is 1. The third kappa shape index (κ3) is 2.18. The molecule has 2 aromatic rings. The molecule has 1 saturated carbocycles. The molecule has 1 amide bonds. The summed E-state index contributed by atoms with van der Waals surface area (Å²) in [5.41, 5.74) is 0.690. The van der Waals surface area contributed by atoms with E-state index in [0.29, 0.717) is 17.6 Å². The van der Waals surface area contributed by atoms with Crippen LogP contribution < -0.4 is 5.32 Å². The van der Waals surface area contributed by atoms with E-state index in [9.17, 15) is 4.79 Å². The Morgan fingerprint density at radius 2 is 2.22 bits per heavy atom. The van der Waals surface area contributed by atoms with Crippen molar-refractivity contribution in [3.05, 3.63) is 46.8 Å². The minimum atomic E-state index is -0.119. The number of carbonyl (C=O) groups excluding carboxylic acids is 1. The highest BCUT2D eigenvalue weighted by Crippen LogP contribution is 2.36. The van der Waals surface area contributed by atoms with Crippen LogP contribution in [-0.2, 0) is 0 Å². The Morgan fingerprint density at radius 1 is 1.39 bits per heavy atom. The Bertz CT molecular complexity index is 589. The Labute approximate surface area is 113 Å². The lowest BCUT2D eigenvalue weighted by Crippen LogP contribution is -2.17. The Kier molecular flexibility index (Phi) is 2.91. The molecule has 2 heterocycles. The van der Waals surface area contributed by atoms with Crippen LogP contribution in [0.5, 0.6) is 0 Å². The van der Waals surface area contributed by atoms with E-state index in [1.807, 2.05) is 35.0 Å². The van der Waals surface area contributed by atoms with Crippen molar-refractivity contribution in [2.75, 3.05) is 5.32 Å². The van der Waals surface area contributed by atoms with Gasteiger partial charge >= 0.3 is 0 Å². The van der Waals surface area contributed by atoms with Crippen molar-refractivity contribution in [1.82, 2.24) is 9.55 Å². The molecule has 0 atom stereocenters. The van der Waals surface area contributed by atoms with Crippen molar-refractivity contribution in [3.8, 4) is 0 Å². The molecule has 92 valence electrons. The highest BCUT2D eigenvalue weighted by molar-refractivity contribution is 9.10. The molecule has 4 nitrogen and oxygen atoms in total. The van der Waals surface area contributed by atoms with Crippen molar-refractivity contribution < 1.29 is 4.79 Å². The number of halogens is 1. The van der Waals surface area contributed by atoms with E-state index >= 15 is 0 Å². The average molecular weight is 306 g/mol. The van der Waals surface area contributed by atoms with Gasteiger partial charge in [-0.1, -0.05) is 0 Å². The van der Waals surface area contributed by atoms with Gasteiger partial charge < -0.3 is 9.88 Å². The van der Waals surface area contributed by atoms with Gasteiger partial charge in [0.1, 0.15) is 11.5 Å². The maximum absolute atomic E-state index is 12.2. The first-order chi connectivity index (χ1) is 8.75. The third-order valence-corrected chi connectivity index (χ3v) is 3.58. The summed E-state index contributed by atoms with van der Waals surface area (Å²) in [6.07, 6.45) is 5.92. The summed E-state index contributed by atoms with van der Waals surface area (Å²) in [6, 6.07) is 7.90. The standard InChI is InChI=1S/C13H12BrN3O/c14-10-3-1-7-15-12(10)16-13(18)11-4-2-8-17(11)9-5-6-9/h1-4,7-9H,5-6H2,(H,15,16,18). The Hall–Kier alpha value is -1.62. The summed E-state index contributed by atoms with van der Waals surface area (Å²) in [5, 5.41) is 2.82. The van der Waals surface area contributed by atoms with Crippen molar-refractivity contribution >= 4 is 27.7 Å². The Balaban J connectivity index is 1.83. The fourth-order valence-corrected chi connectivity index (χ4v) is 2.26. The van der Waals surface area contributed by atoms with Gasteiger partial charge in [0.15, 0.2) is 0 Å². The molecule has 0 aromatic carbocycles. The number of hydrogen-bond donors (Lipinski definition) is 1. The summed E-state index contributed by atoms with van der Waals surface area (Å²) in [5.74, 6) is 0.428. The van der Waals surface area contributed by atoms with E-state index < -0.39 is 0 Å². The second kappa shape index (κ2) is 4.57. The van der Waals surface area contributed by atoms with Gasteiger partial charge in [-0.3, -0.25) is 4.79 Å². The zero-order valence-corrected chi connectivity index (χ0v) is 11.2. The normalized spacial score (nSPS) is 14.5. The van der Waals surface area contributed by atoms with Crippen LogP contribution in [0.3, 0.4) is 0 Å². The van der Waals surface area contributed by atoms with Crippen LogP contribution in [0.4, 0.5) is 5.82 Å². The van der Waals surface area contributed by atoms with Gasteiger partial charge in [-0.15, -0.1) is 0 Å². The number of anilines is 1. The minimum Gasteiger partial charge on any atom is -0.340 e. The van der Waals surface area contributed by atoms with Gasteiger partial charge in [0.05, 0.1) is 4.47 Å². The number of nitrogens with zero attached hydrogens (tertiary/aromatic N) is 2. The predicted octanol–water partition coefficient (Wildman–Crippen LogP) is 3.23. The molecule has 0 radical (unpaired) electrons. The predicted molar refractivity (Wildman–Crippen MR) is 72.6 cm³/mol. The maximum atomic E-state index is 12.2. The van der Waals surface area contributed by atoms with Crippen LogP contribution in [0.15, 0.2) is 41.1 Å². The minimum absolute atomic E-state index is 0.119. The van der Waals surface area contributed by atoms with E-state index in [0.717, 1.165) is 17.3 Å². The lowest BCUT2D eigenvalue weighted by atomic mass is 10.3. The summed E-state index contributed by atoms with van der Waals surface area (Å²) in [4.78, 5) is 16.3. The lowest BCUT2D eigenvalue weighted by molar-refractivity contribution is 0.101. The summed E-state index contributed by atoms with van der Waals surface area (Å²) >= 11 is 3.36. The first-order valence-electron chi connectivity index (χ1n) is 5.84. The lowest BCUT2D eigenvalue weighted by Gasteiger charge is -2.09. The molecule has 0 saturated heterocycles. The SMILES string of the molecule is O=C(Nc1ncccc1Br)c1cccn1C1CC1. The number of hydrogen-bond acceptors (Lipinski definition) is 2. The van der Waals surface area contributed by atoms with Crippen molar-refractivity contribution in [3.63, 3.8) is 0 Å². The van der Waals surface area contributed by atoms with E-state index in [1.54, 1.807) is 6.20 Å². The highest BCUT2D eigenvalue weighted by atomic mass is 79.9. The number of carbonyl (C=O) groups is 1. The summed E-state index contributed by atoms with van der Waals surface area (Å²) < 4.78 is 2.81. The van der Waals surface area contributed by atoms with Crippen LogP contribution in [-0.4, -0.2) is 15.5 Å². The maximum Gasteiger partial charge on any atom is 0.273 e. The summed E-state index contributed by atoms with van der Waals surface area (Å²) in [6.45, 7) is 0. The molecule has 0 aliphatic heterocycles. The molecule has 0 unspecified atom stereocenters. The highest BCUT2D eigenvalue weighted by Gasteiger charge is 2.26. The zero-order valence-electron chi connectivity index (χ0n) is 9.64. The third-order valence-electron chi connectivity index (χ3n) is 2.94. The van der Waals surface area contributed by atoms with Crippen molar-refractivity contribution in [2.45, 2.75) is 18.9 Å². The molecule has 18 heavy (non-hydrogen) atoms. The molecule has 0 spiro atoms. The van der Waals surface area contributed by atoms with Gasteiger partial charge in [0.25, 0.3) is 5.91 Å². The number of pyridine rings is 1. The average Bonchev–Trinajstić information content (AvgIpc) is 3.09. The molecule has 1 N–H and O–H groups in total. The van der Waals surface area contributed by atoms with Gasteiger partial charge in [-0.25, -0.2) is 4.98 Å². The topological polar surface area (TPSA) is 46.9 Å². The molecular formula is C13H12BrN3O. The second-order valence-corrected chi connectivity index (χ2v) is 5.17. The van der Waals surface area contributed by atoms with Gasteiger partial charge in [0.2, 0.25) is 0 Å². The zero-order chi connectivity index (χ0) is 12.5. The fraction of sp³-hybridized carbons (Fsp3) is 0.231. The molecule has 1 fully saturated rings.